The molecule has 0 aliphatic rings. The lowest BCUT2D eigenvalue weighted by Crippen LogP contribution is -2.00. The van der Waals surface area contributed by atoms with Gasteiger partial charge in [0.05, 0.1) is 0 Å². The van der Waals surface area contributed by atoms with Gasteiger partial charge in [-0.25, -0.2) is 9.78 Å². The predicted molar refractivity (Wildman–Crippen MR) is 65.4 cm³/mol. The lowest BCUT2D eigenvalue weighted by Gasteiger charge is -1.99. The number of carbonyl (C=O) groups is 1. The van der Waals surface area contributed by atoms with Crippen molar-refractivity contribution in [2.45, 2.75) is 17.0 Å². The number of pyridine rings is 1. The topological polar surface area (TPSA) is 76.0 Å². The van der Waals surface area contributed by atoms with Crippen LogP contribution in [-0.4, -0.2) is 26.3 Å². The van der Waals surface area contributed by atoms with Gasteiger partial charge < -0.3 is 5.11 Å². The van der Waals surface area contributed by atoms with Gasteiger partial charge in [-0.1, -0.05) is 23.1 Å². The minimum absolute atomic E-state index is 0.0662. The highest BCUT2D eigenvalue weighted by atomic mass is 32.2. The summed E-state index contributed by atoms with van der Waals surface area (Å²) in [7, 11) is 0. The Morgan fingerprint density at radius 1 is 1.53 bits per heavy atom. The summed E-state index contributed by atoms with van der Waals surface area (Å²) in [6.45, 7) is 1.90. The molecule has 2 aromatic heterocycles. The van der Waals surface area contributed by atoms with E-state index in [2.05, 4.69) is 15.2 Å². The van der Waals surface area contributed by atoms with E-state index in [0.29, 0.717) is 5.75 Å². The molecule has 7 heteroatoms. The van der Waals surface area contributed by atoms with Gasteiger partial charge in [-0.3, -0.25) is 0 Å². The highest BCUT2D eigenvalue weighted by Gasteiger charge is 2.06. The van der Waals surface area contributed by atoms with E-state index in [1.54, 1.807) is 12.1 Å². The number of carboxylic acids is 1. The molecule has 0 radical (unpaired) electrons. The van der Waals surface area contributed by atoms with E-state index in [9.17, 15) is 4.79 Å². The summed E-state index contributed by atoms with van der Waals surface area (Å²) in [4.78, 5) is 14.5. The van der Waals surface area contributed by atoms with Gasteiger partial charge in [0.1, 0.15) is 10.7 Å². The Balaban J connectivity index is 2.04. The summed E-state index contributed by atoms with van der Waals surface area (Å²) in [5.74, 6) is -0.346. The molecule has 0 saturated carbocycles. The van der Waals surface area contributed by atoms with Crippen LogP contribution in [0.25, 0.3) is 0 Å². The quantitative estimate of drug-likeness (QED) is 0.856. The van der Waals surface area contributed by atoms with Crippen LogP contribution in [0.1, 0.15) is 21.1 Å². The van der Waals surface area contributed by atoms with Crippen molar-refractivity contribution in [2.24, 2.45) is 0 Å². The highest BCUT2D eigenvalue weighted by Crippen LogP contribution is 2.25. The zero-order chi connectivity index (χ0) is 12.3. The average Bonchev–Trinajstić information content (AvgIpc) is 2.73. The van der Waals surface area contributed by atoms with Gasteiger partial charge >= 0.3 is 5.97 Å². The Kier molecular flexibility index (Phi) is 3.70. The second-order valence-electron chi connectivity index (χ2n) is 3.23. The Bertz CT molecular complexity index is 542. The van der Waals surface area contributed by atoms with Crippen molar-refractivity contribution in [3.8, 4) is 0 Å². The number of carboxylic acid groups (broad SMARTS) is 1. The number of aromatic carboxylic acids is 1. The minimum atomic E-state index is -1.01. The molecule has 0 spiro atoms. The normalized spacial score (nSPS) is 10.4. The molecule has 88 valence electrons. The summed E-state index contributed by atoms with van der Waals surface area (Å²) >= 11 is 3.07. The van der Waals surface area contributed by atoms with Crippen molar-refractivity contribution in [1.82, 2.24) is 15.2 Å². The summed E-state index contributed by atoms with van der Waals surface area (Å²) in [5.41, 5.74) is 0.979. The fourth-order valence-electron chi connectivity index (χ4n) is 1.16. The van der Waals surface area contributed by atoms with Gasteiger partial charge in [-0.15, -0.1) is 10.2 Å². The smallest absolute Gasteiger partial charge is 0.354 e. The highest BCUT2D eigenvalue weighted by molar-refractivity contribution is 8.00. The number of hydrogen-bond donors (Lipinski definition) is 1. The molecule has 5 nitrogen and oxygen atoms in total. The van der Waals surface area contributed by atoms with Gasteiger partial charge in [0.15, 0.2) is 4.34 Å². The predicted octanol–water partition coefficient (Wildman–Crippen LogP) is 2.23. The van der Waals surface area contributed by atoms with Gasteiger partial charge in [-0.05, 0) is 24.6 Å². The van der Waals surface area contributed by atoms with Crippen LogP contribution in [0.2, 0.25) is 0 Å². The maximum atomic E-state index is 10.7. The van der Waals surface area contributed by atoms with Crippen LogP contribution in [0.15, 0.2) is 22.7 Å². The third kappa shape index (κ3) is 3.24. The van der Waals surface area contributed by atoms with Crippen molar-refractivity contribution < 1.29 is 9.90 Å². The van der Waals surface area contributed by atoms with Gasteiger partial charge in [0.25, 0.3) is 0 Å². The molecule has 2 heterocycles. The first-order valence-corrected chi connectivity index (χ1v) is 6.56. The molecule has 0 aliphatic carbocycles. The number of thioether (sulfide) groups is 1. The maximum absolute atomic E-state index is 10.7. The van der Waals surface area contributed by atoms with E-state index >= 15 is 0 Å². The third-order valence-electron chi connectivity index (χ3n) is 1.91. The molecule has 0 unspecified atom stereocenters. The molecular formula is C10H9N3O2S2. The molecule has 1 N–H and O–H groups in total. The Morgan fingerprint density at radius 3 is 3.00 bits per heavy atom. The van der Waals surface area contributed by atoms with Crippen molar-refractivity contribution >= 4 is 29.1 Å². The Morgan fingerprint density at radius 2 is 2.35 bits per heavy atom. The van der Waals surface area contributed by atoms with Crippen molar-refractivity contribution in [2.75, 3.05) is 0 Å². The van der Waals surface area contributed by atoms with Gasteiger partial charge in [-0.2, -0.15) is 0 Å². The molecule has 0 fully saturated rings. The minimum Gasteiger partial charge on any atom is -0.477 e. The molecule has 0 saturated heterocycles. The zero-order valence-corrected chi connectivity index (χ0v) is 10.6. The molecular weight excluding hydrogens is 258 g/mol. The molecule has 0 amide bonds. The molecule has 0 bridgehead atoms. The van der Waals surface area contributed by atoms with E-state index in [0.717, 1.165) is 14.9 Å². The summed E-state index contributed by atoms with van der Waals surface area (Å²) < 4.78 is 0.885. The summed E-state index contributed by atoms with van der Waals surface area (Å²) in [5, 5.41) is 17.6. The van der Waals surface area contributed by atoms with Crippen molar-refractivity contribution in [1.29, 1.82) is 0 Å². The fraction of sp³-hybridized carbons (Fsp3) is 0.200. The van der Waals surface area contributed by atoms with E-state index in [1.165, 1.54) is 29.3 Å². The lowest BCUT2D eigenvalue weighted by molar-refractivity contribution is 0.0690. The number of rotatable bonds is 4. The standard InChI is InChI=1S/C10H9N3O2S2/c1-6-12-13-10(17-6)16-5-7-2-3-11-8(4-7)9(14)15/h2-4H,5H2,1H3,(H,14,15). The Labute approximate surface area is 106 Å². The second kappa shape index (κ2) is 5.24. The van der Waals surface area contributed by atoms with Crippen LogP contribution in [0.5, 0.6) is 0 Å². The Hall–Kier alpha value is -1.47. The van der Waals surface area contributed by atoms with Gasteiger partial charge in [0.2, 0.25) is 0 Å². The number of aryl methyl sites for hydroxylation is 1. The first kappa shape index (κ1) is 12.0. The average molecular weight is 267 g/mol. The van der Waals surface area contributed by atoms with Crippen LogP contribution in [0, 0.1) is 6.92 Å². The maximum Gasteiger partial charge on any atom is 0.354 e. The molecule has 0 aliphatic heterocycles. The van der Waals surface area contributed by atoms with E-state index < -0.39 is 5.97 Å². The number of aromatic nitrogens is 3. The number of nitrogens with zero attached hydrogens (tertiary/aromatic N) is 3. The van der Waals surface area contributed by atoms with Crippen molar-refractivity contribution in [3.63, 3.8) is 0 Å². The first-order valence-electron chi connectivity index (χ1n) is 4.76. The summed E-state index contributed by atoms with van der Waals surface area (Å²) in [6.07, 6.45) is 1.50. The van der Waals surface area contributed by atoms with Gasteiger partial charge in [0, 0.05) is 11.9 Å². The van der Waals surface area contributed by atoms with Crippen LogP contribution >= 0.6 is 23.1 Å². The van der Waals surface area contributed by atoms with E-state index in [4.69, 9.17) is 5.11 Å². The van der Waals surface area contributed by atoms with Crippen LogP contribution in [0.4, 0.5) is 0 Å². The monoisotopic (exact) mass is 267 g/mol. The molecule has 0 atom stereocenters. The van der Waals surface area contributed by atoms with Crippen LogP contribution in [-0.2, 0) is 5.75 Å². The molecule has 2 rings (SSSR count). The van der Waals surface area contributed by atoms with E-state index in [1.807, 2.05) is 6.92 Å². The molecule has 17 heavy (non-hydrogen) atoms. The first-order chi connectivity index (χ1) is 8.15. The molecule has 0 aromatic carbocycles. The third-order valence-corrected chi connectivity index (χ3v) is 3.96. The summed E-state index contributed by atoms with van der Waals surface area (Å²) in [6, 6.07) is 3.37. The number of hydrogen-bond acceptors (Lipinski definition) is 6. The van der Waals surface area contributed by atoms with E-state index in [-0.39, 0.29) is 5.69 Å². The second-order valence-corrected chi connectivity index (χ2v) is 5.63. The fourth-order valence-corrected chi connectivity index (χ4v) is 2.92. The zero-order valence-electron chi connectivity index (χ0n) is 8.95. The largest absolute Gasteiger partial charge is 0.477 e. The molecule has 2 aromatic rings. The van der Waals surface area contributed by atoms with Crippen LogP contribution in [0.3, 0.4) is 0 Å². The van der Waals surface area contributed by atoms with Crippen LogP contribution < -0.4 is 0 Å². The SMILES string of the molecule is Cc1nnc(SCc2ccnc(C(=O)O)c2)s1. The van der Waals surface area contributed by atoms with Crippen molar-refractivity contribution in [3.05, 3.63) is 34.6 Å². The lowest BCUT2D eigenvalue weighted by atomic mass is 10.2.